The Morgan fingerprint density at radius 1 is 1.30 bits per heavy atom. The van der Waals surface area contributed by atoms with Crippen LogP contribution in [0.4, 0.5) is 0 Å². The molecular formula is C17H25NO2. The van der Waals surface area contributed by atoms with Crippen LogP contribution in [-0.4, -0.2) is 19.1 Å². The summed E-state index contributed by atoms with van der Waals surface area (Å²) < 4.78 is 6.00. The average Bonchev–Trinajstić information content (AvgIpc) is 2.49. The van der Waals surface area contributed by atoms with Crippen molar-refractivity contribution in [2.24, 2.45) is 5.92 Å². The lowest BCUT2D eigenvalue weighted by molar-refractivity contribution is -0.169. The zero-order valence-electron chi connectivity index (χ0n) is 12.5. The van der Waals surface area contributed by atoms with E-state index in [0.717, 1.165) is 44.3 Å². The van der Waals surface area contributed by atoms with E-state index < -0.39 is 5.60 Å². The Hall–Kier alpha value is -1.35. The number of hydrogen-bond acceptors (Lipinski definition) is 3. The third kappa shape index (κ3) is 3.40. The van der Waals surface area contributed by atoms with Gasteiger partial charge in [-0.2, -0.15) is 0 Å². The first-order valence-corrected chi connectivity index (χ1v) is 7.67. The van der Waals surface area contributed by atoms with Gasteiger partial charge in [-0.1, -0.05) is 50.6 Å². The molecule has 3 nitrogen and oxygen atoms in total. The second-order valence-corrected chi connectivity index (χ2v) is 5.72. The number of nitrogens with one attached hydrogen (secondary N) is 1. The second kappa shape index (κ2) is 6.89. The molecule has 1 N–H and O–H groups in total. The Kier molecular flexibility index (Phi) is 5.18. The average molecular weight is 275 g/mol. The van der Waals surface area contributed by atoms with Gasteiger partial charge in [0.25, 0.3) is 0 Å². The molecule has 0 bridgehead atoms. The monoisotopic (exact) mass is 275 g/mol. The summed E-state index contributed by atoms with van der Waals surface area (Å²) in [7, 11) is 0. The molecule has 1 heterocycles. The largest absolute Gasteiger partial charge is 0.454 e. The summed E-state index contributed by atoms with van der Waals surface area (Å²) in [4.78, 5) is 12.3. The van der Waals surface area contributed by atoms with Crippen molar-refractivity contribution >= 4 is 5.97 Å². The lowest BCUT2D eigenvalue weighted by Crippen LogP contribution is -2.44. The maximum atomic E-state index is 12.3. The third-order valence-corrected chi connectivity index (χ3v) is 4.13. The molecule has 1 aromatic carbocycles. The van der Waals surface area contributed by atoms with Gasteiger partial charge >= 0.3 is 5.97 Å². The molecule has 0 radical (unpaired) electrons. The highest BCUT2D eigenvalue weighted by atomic mass is 16.6. The van der Waals surface area contributed by atoms with Crippen molar-refractivity contribution in [1.29, 1.82) is 0 Å². The summed E-state index contributed by atoms with van der Waals surface area (Å²) in [5.41, 5.74) is 0.685. The van der Waals surface area contributed by atoms with Crippen LogP contribution in [0.15, 0.2) is 30.3 Å². The van der Waals surface area contributed by atoms with E-state index in [1.54, 1.807) is 0 Å². The molecule has 20 heavy (non-hydrogen) atoms. The summed E-state index contributed by atoms with van der Waals surface area (Å²) in [5.74, 6) is -0.0759. The molecule has 0 spiro atoms. The first-order valence-electron chi connectivity index (χ1n) is 7.67. The molecule has 1 aliphatic heterocycles. The molecular weight excluding hydrogens is 250 g/mol. The second-order valence-electron chi connectivity index (χ2n) is 5.72. The molecule has 0 amide bonds. The predicted octanol–water partition coefficient (Wildman–Crippen LogP) is 3.24. The lowest BCUT2D eigenvalue weighted by Gasteiger charge is -2.38. The Labute approximate surface area is 121 Å². The summed E-state index contributed by atoms with van der Waals surface area (Å²) in [6.07, 6.45) is 3.60. The van der Waals surface area contributed by atoms with Crippen LogP contribution < -0.4 is 5.32 Å². The van der Waals surface area contributed by atoms with Crippen LogP contribution in [0.3, 0.4) is 0 Å². The Bertz CT molecular complexity index is 424. The molecule has 1 saturated heterocycles. The van der Waals surface area contributed by atoms with E-state index in [0.29, 0.717) is 0 Å². The standard InChI is InChI=1S/C17H25NO2/c1-3-7-14(2)16(19)20-17(10-12-18-13-11-17)15-8-5-4-6-9-15/h4-6,8-9,14,18H,3,7,10-13H2,1-2H3. The molecule has 2 rings (SSSR count). The fourth-order valence-corrected chi connectivity index (χ4v) is 2.87. The molecule has 1 atom stereocenters. The number of hydrogen-bond donors (Lipinski definition) is 1. The highest BCUT2D eigenvalue weighted by Crippen LogP contribution is 2.35. The van der Waals surface area contributed by atoms with Gasteiger partial charge in [-0.05, 0) is 25.1 Å². The smallest absolute Gasteiger partial charge is 0.309 e. The van der Waals surface area contributed by atoms with Crippen molar-refractivity contribution in [1.82, 2.24) is 5.32 Å². The van der Waals surface area contributed by atoms with Crippen molar-refractivity contribution in [2.45, 2.75) is 45.1 Å². The van der Waals surface area contributed by atoms with Crippen LogP contribution in [0.1, 0.15) is 45.1 Å². The van der Waals surface area contributed by atoms with Crippen molar-refractivity contribution in [3.05, 3.63) is 35.9 Å². The summed E-state index contributed by atoms with van der Waals surface area (Å²) in [6, 6.07) is 10.2. The molecule has 110 valence electrons. The SMILES string of the molecule is CCCC(C)C(=O)OC1(c2ccccc2)CCNCC1. The van der Waals surface area contributed by atoms with Crippen molar-refractivity contribution in [3.8, 4) is 0 Å². The van der Waals surface area contributed by atoms with Crippen LogP contribution in [0.2, 0.25) is 0 Å². The first-order chi connectivity index (χ1) is 9.68. The maximum Gasteiger partial charge on any atom is 0.309 e. The minimum absolute atomic E-state index is 0.0181. The van der Waals surface area contributed by atoms with E-state index in [1.165, 1.54) is 0 Å². The number of benzene rings is 1. The number of esters is 1. The van der Waals surface area contributed by atoms with Gasteiger partial charge in [0.1, 0.15) is 5.60 Å². The molecule has 0 saturated carbocycles. The van der Waals surface area contributed by atoms with E-state index in [4.69, 9.17) is 4.74 Å². The number of piperidine rings is 1. The highest BCUT2D eigenvalue weighted by Gasteiger charge is 2.38. The quantitative estimate of drug-likeness (QED) is 0.838. The van der Waals surface area contributed by atoms with Crippen LogP contribution in [0.25, 0.3) is 0 Å². The Morgan fingerprint density at radius 3 is 2.55 bits per heavy atom. The highest BCUT2D eigenvalue weighted by molar-refractivity contribution is 5.72. The first kappa shape index (κ1) is 15.0. The van der Waals surface area contributed by atoms with E-state index in [-0.39, 0.29) is 11.9 Å². The predicted molar refractivity (Wildman–Crippen MR) is 80.4 cm³/mol. The summed E-state index contributed by atoms with van der Waals surface area (Å²) in [5, 5.41) is 3.35. The van der Waals surface area contributed by atoms with E-state index in [1.807, 2.05) is 25.1 Å². The normalized spacial score (nSPS) is 19.3. The van der Waals surface area contributed by atoms with Gasteiger partial charge in [0.05, 0.1) is 5.92 Å². The van der Waals surface area contributed by atoms with Crippen LogP contribution in [0, 0.1) is 5.92 Å². The molecule has 0 aromatic heterocycles. The number of ether oxygens (including phenoxy) is 1. The number of rotatable bonds is 5. The summed E-state index contributed by atoms with van der Waals surface area (Å²) in [6.45, 7) is 5.85. The van der Waals surface area contributed by atoms with Gasteiger partial charge in [0, 0.05) is 12.8 Å². The lowest BCUT2D eigenvalue weighted by atomic mass is 9.84. The van der Waals surface area contributed by atoms with Crippen LogP contribution in [-0.2, 0) is 15.1 Å². The van der Waals surface area contributed by atoms with E-state index in [9.17, 15) is 4.79 Å². The third-order valence-electron chi connectivity index (χ3n) is 4.13. The van der Waals surface area contributed by atoms with Gasteiger partial charge in [-0.25, -0.2) is 0 Å². The van der Waals surface area contributed by atoms with E-state index >= 15 is 0 Å². The zero-order chi connectivity index (χ0) is 14.4. The van der Waals surface area contributed by atoms with Gasteiger partial charge in [-0.15, -0.1) is 0 Å². The van der Waals surface area contributed by atoms with Crippen molar-refractivity contribution < 1.29 is 9.53 Å². The molecule has 1 aliphatic rings. The van der Waals surface area contributed by atoms with E-state index in [2.05, 4.69) is 24.4 Å². The molecule has 0 aliphatic carbocycles. The van der Waals surface area contributed by atoms with Gasteiger partial charge in [0.15, 0.2) is 0 Å². The molecule has 1 aromatic rings. The Morgan fingerprint density at radius 2 is 1.95 bits per heavy atom. The minimum atomic E-state index is -0.439. The van der Waals surface area contributed by atoms with Crippen molar-refractivity contribution in [3.63, 3.8) is 0 Å². The van der Waals surface area contributed by atoms with Crippen molar-refractivity contribution in [2.75, 3.05) is 13.1 Å². The fourth-order valence-electron chi connectivity index (χ4n) is 2.87. The number of carbonyl (C=O) groups excluding carboxylic acids is 1. The molecule has 3 heteroatoms. The molecule has 1 fully saturated rings. The van der Waals surface area contributed by atoms with Crippen LogP contribution >= 0.6 is 0 Å². The molecule has 1 unspecified atom stereocenters. The summed E-state index contributed by atoms with van der Waals surface area (Å²) >= 11 is 0. The van der Waals surface area contributed by atoms with Gasteiger partial charge < -0.3 is 10.1 Å². The van der Waals surface area contributed by atoms with Crippen LogP contribution in [0.5, 0.6) is 0 Å². The van der Waals surface area contributed by atoms with Gasteiger partial charge in [0.2, 0.25) is 0 Å². The topological polar surface area (TPSA) is 38.3 Å². The fraction of sp³-hybridized carbons (Fsp3) is 0.588. The zero-order valence-corrected chi connectivity index (χ0v) is 12.5. The van der Waals surface area contributed by atoms with Gasteiger partial charge in [-0.3, -0.25) is 4.79 Å². The number of carbonyl (C=O) groups is 1. The maximum absolute atomic E-state index is 12.3. The Balaban J connectivity index is 2.18. The minimum Gasteiger partial charge on any atom is -0.454 e.